The number of aromatic hydroxyl groups is 1. The van der Waals surface area contributed by atoms with Crippen molar-refractivity contribution in [2.75, 3.05) is 34.4 Å². The second kappa shape index (κ2) is 9.09. The van der Waals surface area contributed by atoms with Gasteiger partial charge in [0.1, 0.15) is 12.3 Å². The molecule has 7 heteroatoms. The Morgan fingerprint density at radius 1 is 1.00 bits per heavy atom. The third-order valence-corrected chi connectivity index (χ3v) is 5.36. The van der Waals surface area contributed by atoms with Crippen LogP contribution in [0.5, 0.6) is 28.7 Å². The summed E-state index contributed by atoms with van der Waals surface area (Å²) in [6, 6.07) is 6.66. The second-order valence-corrected chi connectivity index (χ2v) is 6.94. The van der Waals surface area contributed by atoms with Gasteiger partial charge >= 0.3 is 0 Å². The van der Waals surface area contributed by atoms with Crippen molar-refractivity contribution in [3.05, 3.63) is 46.7 Å². The number of carbonyl (C=O) groups is 1. The molecule has 7 nitrogen and oxygen atoms in total. The maximum Gasteiger partial charge on any atom is 0.231 e. The number of hydrogen-bond donors (Lipinski definition) is 2. The van der Waals surface area contributed by atoms with Crippen LogP contribution in [0.3, 0.4) is 0 Å². The Morgan fingerprint density at radius 2 is 1.70 bits per heavy atom. The number of benzene rings is 2. The molecule has 0 amide bonds. The monoisotopic (exact) mass is 414 g/mol. The first-order valence-electron chi connectivity index (χ1n) is 9.90. The van der Waals surface area contributed by atoms with Gasteiger partial charge in [-0.25, -0.2) is 0 Å². The predicted molar refractivity (Wildman–Crippen MR) is 113 cm³/mol. The quantitative estimate of drug-likeness (QED) is 0.646. The Balaban J connectivity index is 2.04. The van der Waals surface area contributed by atoms with Crippen molar-refractivity contribution in [2.45, 2.75) is 20.4 Å². The lowest BCUT2D eigenvalue weighted by Crippen LogP contribution is -3.10. The number of methoxy groups -OCH3 is 3. The normalized spacial score (nSPS) is 14.1. The first-order valence-corrected chi connectivity index (χ1v) is 9.90. The summed E-state index contributed by atoms with van der Waals surface area (Å²) >= 11 is 0. The van der Waals surface area contributed by atoms with Crippen molar-refractivity contribution >= 4 is 11.9 Å². The molecule has 0 bridgehead atoms. The summed E-state index contributed by atoms with van der Waals surface area (Å²) in [5, 5.41) is 10.4. The highest BCUT2D eigenvalue weighted by atomic mass is 16.5. The van der Waals surface area contributed by atoms with E-state index in [1.807, 2.05) is 0 Å². The van der Waals surface area contributed by atoms with Crippen LogP contribution in [0.1, 0.15) is 35.3 Å². The van der Waals surface area contributed by atoms with E-state index in [1.165, 1.54) is 19.1 Å². The van der Waals surface area contributed by atoms with E-state index >= 15 is 0 Å². The molecule has 0 atom stereocenters. The minimum Gasteiger partial charge on any atom is -0.507 e. The summed E-state index contributed by atoms with van der Waals surface area (Å²) in [6.45, 7) is 6.54. The van der Waals surface area contributed by atoms with Crippen LogP contribution < -0.4 is 23.8 Å². The summed E-state index contributed by atoms with van der Waals surface area (Å²) in [4.78, 5) is 14.3. The number of rotatable bonds is 8. The largest absolute Gasteiger partial charge is 0.507 e. The molecule has 0 saturated heterocycles. The predicted octanol–water partition coefficient (Wildman–Crippen LogP) is 2.46. The zero-order chi connectivity index (χ0) is 21.8. The second-order valence-electron chi connectivity index (χ2n) is 6.94. The van der Waals surface area contributed by atoms with Gasteiger partial charge in [-0.1, -0.05) is 0 Å². The molecule has 1 heterocycles. The molecule has 0 unspecified atom stereocenters. The minimum atomic E-state index is -0.238. The van der Waals surface area contributed by atoms with Crippen molar-refractivity contribution in [1.82, 2.24) is 0 Å². The van der Waals surface area contributed by atoms with E-state index in [2.05, 4.69) is 13.8 Å². The fourth-order valence-corrected chi connectivity index (χ4v) is 3.60. The highest BCUT2D eigenvalue weighted by Crippen LogP contribution is 2.43. The number of phenolic OH excluding ortho intramolecular Hbond substituents is 1. The summed E-state index contributed by atoms with van der Waals surface area (Å²) < 4.78 is 22.2. The van der Waals surface area contributed by atoms with Gasteiger partial charge in [0.15, 0.2) is 23.0 Å². The van der Waals surface area contributed by atoms with Crippen molar-refractivity contribution in [1.29, 1.82) is 0 Å². The van der Waals surface area contributed by atoms with Crippen LogP contribution in [-0.2, 0) is 6.54 Å². The van der Waals surface area contributed by atoms with Crippen LogP contribution in [0.15, 0.2) is 30.0 Å². The molecule has 160 valence electrons. The molecule has 2 aromatic rings. The van der Waals surface area contributed by atoms with E-state index in [0.717, 1.165) is 13.1 Å². The molecule has 1 aliphatic heterocycles. The Morgan fingerprint density at radius 3 is 2.30 bits per heavy atom. The number of allylic oxidation sites excluding steroid dienone is 1. The lowest BCUT2D eigenvalue weighted by Gasteiger charge is -2.17. The van der Waals surface area contributed by atoms with E-state index in [-0.39, 0.29) is 17.3 Å². The van der Waals surface area contributed by atoms with E-state index in [0.29, 0.717) is 46.2 Å². The molecule has 0 aliphatic carbocycles. The molecular weight excluding hydrogens is 386 g/mol. The van der Waals surface area contributed by atoms with Crippen LogP contribution in [0.2, 0.25) is 0 Å². The van der Waals surface area contributed by atoms with Gasteiger partial charge in [-0.15, -0.1) is 0 Å². The molecule has 3 rings (SSSR count). The van der Waals surface area contributed by atoms with Gasteiger partial charge in [-0.05, 0) is 44.2 Å². The molecule has 0 aromatic heterocycles. The lowest BCUT2D eigenvalue weighted by molar-refractivity contribution is -0.910. The fourth-order valence-electron chi connectivity index (χ4n) is 3.60. The topological polar surface area (TPSA) is 78.7 Å². The summed E-state index contributed by atoms with van der Waals surface area (Å²) in [5.74, 6) is 1.87. The maximum absolute atomic E-state index is 13.0. The Bertz CT molecular complexity index is 978. The molecule has 2 N–H and O–H groups in total. The molecule has 0 saturated carbocycles. The van der Waals surface area contributed by atoms with E-state index in [4.69, 9.17) is 18.9 Å². The molecule has 0 fully saturated rings. The van der Waals surface area contributed by atoms with E-state index in [9.17, 15) is 9.90 Å². The molecule has 0 spiro atoms. The van der Waals surface area contributed by atoms with Crippen LogP contribution in [0.4, 0.5) is 0 Å². The number of fused-ring (bicyclic) bond motifs is 1. The number of ketones is 1. The van der Waals surface area contributed by atoms with Crippen molar-refractivity contribution in [3.8, 4) is 28.7 Å². The average Bonchev–Trinajstić information content (AvgIpc) is 3.08. The maximum atomic E-state index is 13.0. The summed E-state index contributed by atoms with van der Waals surface area (Å²) in [6.07, 6.45) is 1.62. The van der Waals surface area contributed by atoms with Gasteiger partial charge in [0.2, 0.25) is 11.5 Å². The molecule has 1 aliphatic rings. The fraction of sp³-hybridized carbons (Fsp3) is 0.348. The standard InChI is InChI=1S/C23H27NO6/c1-6-24(7-2)13-16-17(25)10-9-15-20(26)19(30-22(15)16)12-14-8-11-18(27-3)23(29-5)21(14)28-4/h8-12,25H,6-7,13H2,1-5H3/p+1/b19-12-. The number of quaternary nitrogens is 1. The van der Waals surface area contributed by atoms with Crippen LogP contribution in [0.25, 0.3) is 6.08 Å². The van der Waals surface area contributed by atoms with Crippen LogP contribution in [0, 0.1) is 0 Å². The first-order chi connectivity index (χ1) is 14.5. The molecular formula is C23H28NO6+. The molecule has 2 aromatic carbocycles. The smallest absolute Gasteiger partial charge is 0.231 e. The zero-order valence-corrected chi connectivity index (χ0v) is 18.0. The Kier molecular flexibility index (Phi) is 6.52. The number of nitrogens with one attached hydrogen (secondary N) is 1. The van der Waals surface area contributed by atoms with E-state index in [1.54, 1.807) is 37.5 Å². The Hall–Kier alpha value is -3.19. The van der Waals surface area contributed by atoms with Gasteiger partial charge < -0.3 is 29.0 Å². The first kappa shape index (κ1) is 21.5. The highest BCUT2D eigenvalue weighted by molar-refractivity contribution is 6.15. The zero-order valence-electron chi connectivity index (χ0n) is 18.0. The van der Waals surface area contributed by atoms with Crippen LogP contribution >= 0.6 is 0 Å². The number of carbonyl (C=O) groups excluding carboxylic acids is 1. The molecule has 30 heavy (non-hydrogen) atoms. The average molecular weight is 414 g/mol. The number of phenols is 1. The van der Waals surface area contributed by atoms with Crippen molar-refractivity contribution in [3.63, 3.8) is 0 Å². The number of hydrogen-bond acceptors (Lipinski definition) is 6. The number of ether oxygens (including phenoxy) is 4. The van der Waals surface area contributed by atoms with Gasteiger partial charge in [-0.2, -0.15) is 0 Å². The SMILES string of the molecule is CC[NH+](CC)Cc1c(O)ccc2c1O/C(=C\c1ccc(OC)c(OC)c1OC)C2=O. The van der Waals surface area contributed by atoms with Crippen molar-refractivity contribution < 1.29 is 33.7 Å². The number of Topliss-reactive ketones (excluding diaryl/α,β-unsaturated/α-hetero) is 1. The summed E-state index contributed by atoms with van der Waals surface area (Å²) in [5.41, 5.74) is 1.70. The highest BCUT2D eigenvalue weighted by Gasteiger charge is 2.32. The van der Waals surface area contributed by atoms with Gasteiger partial charge in [-0.3, -0.25) is 4.79 Å². The van der Waals surface area contributed by atoms with E-state index < -0.39 is 0 Å². The summed E-state index contributed by atoms with van der Waals surface area (Å²) in [7, 11) is 4.59. The minimum absolute atomic E-state index is 0.130. The third kappa shape index (κ3) is 3.80. The lowest BCUT2D eigenvalue weighted by atomic mass is 10.0. The third-order valence-electron chi connectivity index (χ3n) is 5.36. The van der Waals surface area contributed by atoms with Crippen LogP contribution in [-0.4, -0.2) is 45.3 Å². The van der Waals surface area contributed by atoms with Gasteiger partial charge in [0, 0.05) is 5.56 Å². The Labute approximate surface area is 176 Å². The van der Waals surface area contributed by atoms with Gasteiger partial charge in [0.25, 0.3) is 0 Å². The van der Waals surface area contributed by atoms with Crippen molar-refractivity contribution in [2.24, 2.45) is 0 Å². The van der Waals surface area contributed by atoms with Gasteiger partial charge in [0.05, 0.1) is 45.5 Å². The molecule has 0 radical (unpaired) electrons.